The third-order valence-electron chi connectivity index (χ3n) is 2.77. The van der Waals surface area contributed by atoms with Gasteiger partial charge in [-0.3, -0.25) is 0 Å². The molecule has 140 valence electrons. The van der Waals surface area contributed by atoms with Crippen molar-refractivity contribution in [3.05, 3.63) is 0 Å². The molecule has 11 nitrogen and oxygen atoms in total. The number of methoxy groups -OCH3 is 1. The summed E-state index contributed by atoms with van der Waals surface area (Å²) in [7, 11) is -8.62. The number of rotatable bonds is 4. The maximum absolute atomic E-state index is 13.0. The number of carbonyl (C=O) groups excluding carboxylic acids is 1. The van der Waals surface area contributed by atoms with Gasteiger partial charge in [0.05, 0.1) is 7.11 Å². The first kappa shape index (κ1) is 19.5. The van der Waals surface area contributed by atoms with E-state index in [4.69, 9.17) is 11.6 Å². The molecule has 0 aliphatic carbocycles. The minimum atomic E-state index is -4.85. The zero-order valence-electron chi connectivity index (χ0n) is 11.4. The van der Waals surface area contributed by atoms with Crippen molar-refractivity contribution in [3.8, 4) is 0 Å². The quantitative estimate of drug-likeness (QED) is 0.437. The van der Waals surface area contributed by atoms with Gasteiger partial charge in [-0.15, -0.1) is 0 Å². The number of hydrogen-bond acceptors (Lipinski definition) is 11. The summed E-state index contributed by atoms with van der Waals surface area (Å²) >= 11 is 5.57. The van der Waals surface area contributed by atoms with Gasteiger partial charge in [0.1, 0.15) is 0 Å². The second-order valence-corrected chi connectivity index (χ2v) is 7.15. The van der Waals surface area contributed by atoms with Crippen LogP contribution in [0.25, 0.3) is 0 Å². The van der Waals surface area contributed by atoms with Crippen LogP contribution in [-0.4, -0.2) is 66.5 Å². The zero-order chi connectivity index (χ0) is 18.3. The van der Waals surface area contributed by atoms with Crippen molar-refractivity contribution in [2.45, 2.75) is 36.4 Å². The second-order valence-electron chi connectivity index (χ2n) is 4.32. The molecule has 0 bridgehead atoms. The lowest BCUT2D eigenvalue weighted by atomic mass is 10.0. The first-order valence-corrected chi connectivity index (χ1v) is 8.96. The Morgan fingerprint density at radius 1 is 1.00 bits per heavy atom. The molecular weight excluding hydrogens is 410 g/mol. The van der Waals surface area contributed by atoms with E-state index in [2.05, 4.69) is 26.2 Å². The van der Waals surface area contributed by atoms with Crippen molar-refractivity contribution in [2.24, 2.45) is 0 Å². The normalized spacial score (nSPS) is 35.7. The van der Waals surface area contributed by atoms with Crippen LogP contribution >= 0.6 is 11.6 Å². The third-order valence-corrected chi connectivity index (χ3v) is 5.03. The van der Waals surface area contributed by atoms with Crippen LogP contribution in [0.1, 0.15) is 0 Å². The van der Waals surface area contributed by atoms with Crippen LogP contribution in [0.4, 0.5) is 13.6 Å². The predicted molar refractivity (Wildman–Crippen MR) is 66.5 cm³/mol. The molecule has 16 heteroatoms. The van der Waals surface area contributed by atoms with E-state index in [0.29, 0.717) is 0 Å². The molecule has 0 saturated carbocycles. The van der Waals surface area contributed by atoms with Gasteiger partial charge >= 0.3 is 27.0 Å². The van der Waals surface area contributed by atoms with Gasteiger partial charge in [-0.25, -0.2) is 30.3 Å². The van der Waals surface area contributed by atoms with Crippen molar-refractivity contribution < 1.29 is 56.6 Å². The molecule has 0 N–H and O–H groups in total. The fourth-order valence-corrected chi connectivity index (χ4v) is 4.27. The summed E-state index contributed by atoms with van der Waals surface area (Å²) < 4.78 is 96.7. The minimum Gasteiger partial charge on any atom is -0.438 e. The lowest BCUT2D eigenvalue weighted by molar-refractivity contribution is -0.0964. The lowest BCUT2D eigenvalue weighted by Crippen LogP contribution is -2.50. The van der Waals surface area contributed by atoms with Crippen LogP contribution in [0.2, 0.25) is 0 Å². The van der Waals surface area contributed by atoms with E-state index in [1.807, 2.05) is 0 Å². The predicted octanol–water partition coefficient (Wildman–Crippen LogP) is -0.343. The Balaban J connectivity index is 2.37. The van der Waals surface area contributed by atoms with Crippen molar-refractivity contribution in [1.82, 2.24) is 0 Å². The Bertz CT molecular complexity index is 695. The summed E-state index contributed by atoms with van der Waals surface area (Å²) in [6, 6.07) is 0. The molecule has 2 fully saturated rings. The van der Waals surface area contributed by atoms with Crippen molar-refractivity contribution >= 4 is 38.6 Å². The van der Waals surface area contributed by atoms with Gasteiger partial charge in [-0.05, 0) is 0 Å². The summed E-state index contributed by atoms with van der Waals surface area (Å²) in [5.74, 6) is 0. The lowest BCUT2D eigenvalue weighted by Gasteiger charge is -2.27. The molecule has 2 aliphatic heterocycles. The van der Waals surface area contributed by atoms with Crippen molar-refractivity contribution in [3.63, 3.8) is 0 Å². The van der Waals surface area contributed by atoms with E-state index in [9.17, 15) is 30.4 Å². The highest BCUT2D eigenvalue weighted by molar-refractivity contribution is 7.82. The van der Waals surface area contributed by atoms with E-state index >= 15 is 0 Å². The average molecular weight is 419 g/mol. The van der Waals surface area contributed by atoms with Crippen molar-refractivity contribution in [1.29, 1.82) is 0 Å². The van der Waals surface area contributed by atoms with Gasteiger partial charge < -0.3 is 9.47 Å². The Hall–Kier alpha value is -0.840. The maximum Gasteiger partial charge on any atom is 0.508 e. The molecular formula is C8H9ClF2O11S2. The SMILES string of the molecule is COC(=O)OC(C1OS(=O)(=O)OC1Cl)C1OS(=O)(=O)OC1C(F)F. The van der Waals surface area contributed by atoms with Gasteiger partial charge in [-0.2, -0.15) is 16.8 Å². The molecule has 2 aliphatic rings. The smallest absolute Gasteiger partial charge is 0.438 e. The molecule has 24 heavy (non-hydrogen) atoms. The number of hydrogen-bond donors (Lipinski definition) is 0. The minimum absolute atomic E-state index is 0.855. The molecule has 0 radical (unpaired) electrons. The van der Waals surface area contributed by atoms with Gasteiger partial charge in [0.15, 0.2) is 30.0 Å². The molecule has 0 aromatic rings. The number of halogens is 3. The van der Waals surface area contributed by atoms with E-state index in [1.54, 1.807) is 0 Å². The first-order chi connectivity index (χ1) is 11.0. The highest BCUT2D eigenvalue weighted by atomic mass is 35.5. The van der Waals surface area contributed by atoms with Crippen molar-refractivity contribution in [2.75, 3.05) is 7.11 Å². The van der Waals surface area contributed by atoms with Crippen LogP contribution in [0.5, 0.6) is 0 Å². The molecule has 2 heterocycles. The highest BCUT2D eigenvalue weighted by Gasteiger charge is 2.57. The van der Waals surface area contributed by atoms with E-state index < -0.39 is 63.4 Å². The Morgan fingerprint density at radius 2 is 1.50 bits per heavy atom. The Kier molecular flexibility index (Phi) is 5.53. The van der Waals surface area contributed by atoms with Gasteiger partial charge in [-0.1, -0.05) is 11.6 Å². The molecule has 5 unspecified atom stereocenters. The molecule has 5 atom stereocenters. The Morgan fingerprint density at radius 3 is 1.96 bits per heavy atom. The maximum atomic E-state index is 13.0. The number of alkyl halides is 3. The molecule has 2 saturated heterocycles. The van der Waals surface area contributed by atoms with Crippen LogP contribution in [0.15, 0.2) is 0 Å². The summed E-state index contributed by atoms with van der Waals surface area (Å²) in [5.41, 5.74) is -1.82. The average Bonchev–Trinajstić information content (AvgIpc) is 2.91. The summed E-state index contributed by atoms with van der Waals surface area (Å²) in [5, 5.41) is 0. The van der Waals surface area contributed by atoms with Crippen LogP contribution in [-0.2, 0) is 47.0 Å². The highest BCUT2D eigenvalue weighted by Crippen LogP contribution is 2.36. The largest absolute Gasteiger partial charge is 0.508 e. The van der Waals surface area contributed by atoms with E-state index in [0.717, 1.165) is 7.11 Å². The zero-order valence-corrected chi connectivity index (χ0v) is 13.8. The molecule has 2 rings (SSSR count). The van der Waals surface area contributed by atoms with Gasteiger partial charge in [0.2, 0.25) is 0 Å². The fourth-order valence-electron chi connectivity index (χ4n) is 1.89. The number of carbonyl (C=O) groups is 1. The number of ether oxygens (including phenoxy) is 2. The van der Waals surface area contributed by atoms with E-state index in [1.165, 1.54) is 0 Å². The molecule has 0 aromatic heterocycles. The summed E-state index contributed by atoms with van der Waals surface area (Å²) in [6.07, 6.45) is -13.4. The Labute approximate surface area is 139 Å². The van der Waals surface area contributed by atoms with Gasteiger partial charge in [0, 0.05) is 0 Å². The summed E-state index contributed by atoms with van der Waals surface area (Å²) in [6.45, 7) is 0. The van der Waals surface area contributed by atoms with Crippen LogP contribution in [0.3, 0.4) is 0 Å². The first-order valence-electron chi connectivity index (χ1n) is 5.85. The molecule has 0 amide bonds. The fraction of sp³-hybridized carbons (Fsp3) is 0.875. The second kappa shape index (κ2) is 6.81. The monoisotopic (exact) mass is 418 g/mol. The van der Waals surface area contributed by atoms with Crippen LogP contribution in [0, 0.1) is 0 Å². The topological polar surface area (TPSA) is 141 Å². The van der Waals surface area contributed by atoms with Gasteiger partial charge in [0.25, 0.3) is 6.43 Å². The molecule has 0 aromatic carbocycles. The standard InChI is InChI=1S/C8H9ClF2O11S2/c1-17-8(12)18-2(4-6(9)22-24(15,16)20-4)3-5(7(10)11)21-23(13,14)19-3/h2-7H,1H3. The summed E-state index contributed by atoms with van der Waals surface area (Å²) in [4.78, 5) is 11.3. The molecule has 0 spiro atoms. The van der Waals surface area contributed by atoms with E-state index in [-0.39, 0.29) is 0 Å². The third kappa shape index (κ3) is 4.22. The van der Waals surface area contributed by atoms with Crippen LogP contribution < -0.4 is 0 Å².